The maximum absolute atomic E-state index is 12.2. The lowest BCUT2D eigenvalue weighted by Crippen LogP contribution is -3.10. The first kappa shape index (κ1) is 13.1. The first-order valence-corrected chi connectivity index (χ1v) is 7.20. The van der Waals surface area contributed by atoms with Crippen molar-refractivity contribution in [1.29, 1.82) is 0 Å². The van der Waals surface area contributed by atoms with E-state index in [0.29, 0.717) is 18.6 Å². The highest BCUT2D eigenvalue weighted by Gasteiger charge is 2.37. The van der Waals surface area contributed by atoms with Gasteiger partial charge < -0.3 is 4.90 Å². The van der Waals surface area contributed by atoms with Crippen LogP contribution in [0.3, 0.4) is 0 Å². The molecule has 0 spiro atoms. The lowest BCUT2D eigenvalue weighted by atomic mass is 9.87. The van der Waals surface area contributed by atoms with Gasteiger partial charge in [0.05, 0.1) is 19.9 Å². The van der Waals surface area contributed by atoms with Gasteiger partial charge in [-0.1, -0.05) is 60.7 Å². The van der Waals surface area contributed by atoms with Gasteiger partial charge in [0, 0.05) is 11.1 Å². The Bertz CT molecular complexity index is 527. The number of likely N-dealkylation sites (tertiary alicyclic amines) is 1. The molecule has 2 nitrogen and oxygen atoms in total. The number of carbonyl (C=O) groups is 1. The summed E-state index contributed by atoms with van der Waals surface area (Å²) in [4.78, 5) is 13.6. The molecule has 1 unspecified atom stereocenters. The number of nitrogens with one attached hydrogen (secondary N) is 1. The highest BCUT2D eigenvalue weighted by Crippen LogP contribution is 2.25. The van der Waals surface area contributed by atoms with Gasteiger partial charge in [0.25, 0.3) is 0 Å². The molecule has 0 bridgehead atoms. The summed E-state index contributed by atoms with van der Waals surface area (Å²) < 4.78 is 0. The molecule has 102 valence electrons. The average molecular weight is 266 g/mol. The average Bonchev–Trinajstić information content (AvgIpc) is 2.51. The third-order valence-corrected chi connectivity index (χ3v) is 4.37. The molecule has 20 heavy (non-hydrogen) atoms. The van der Waals surface area contributed by atoms with E-state index in [9.17, 15) is 4.79 Å². The number of hydrogen-bond acceptors (Lipinski definition) is 1. The van der Waals surface area contributed by atoms with Crippen LogP contribution in [0.1, 0.15) is 36.1 Å². The standard InChI is InChI=1S/C18H19NO/c1-19-17(14-8-4-2-5-9-14)12-16(20)13-18(19)15-10-6-3-7-11-15/h2-11,17-18H,12-13H2,1H3/p+1/t17-,18+. The van der Waals surface area contributed by atoms with Crippen molar-refractivity contribution in [3.8, 4) is 0 Å². The summed E-state index contributed by atoms with van der Waals surface area (Å²) in [6, 6.07) is 21.3. The Morgan fingerprint density at radius 2 is 1.20 bits per heavy atom. The quantitative estimate of drug-likeness (QED) is 0.885. The van der Waals surface area contributed by atoms with Crippen LogP contribution in [-0.4, -0.2) is 12.8 Å². The van der Waals surface area contributed by atoms with E-state index in [1.165, 1.54) is 16.0 Å². The number of ketones is 1. The van der Waals surface area contributed by atoms with Crippen LogP contribution in [0.2, 0.25) is 0 Å². The van der Waals surface area contributed by atoms with Crippen molar-refractivity contribution in [2.75, 3.05) is 7.05 Å². The van der Waals surface area contributed by atoms with E-state index in [-0.39, 0.29) is 12.1 Å². The zero-order valence-electron chi connectivity index (χ0n) is 11.8. The molecule has 3 atom stereocenters. The fraction of sp³-hybridized carbons (Fsp3) is 0.278. The Kier molecular flexibility index (Phi) is 3.66. The van der Waals surface area contributed by atoms with Crippen LogP contribution < -0.4 is 4.90 Å². The number of rotatable bonds is 2. The molecule has 3 rings (SSSR count). The highest BCUT2D eigenvalue weighted by molar-refractivity contribution is 5.80. The van der Waals surface area contributed by atoms with Gasteiger partial charge in [-0.2, -0.15) is 0 Å². The summed E-state index contributed by atoms with van der Waals surface area (Å²) in [7, 11) is 2.21. The zero-order valence-corrected chi connectivity index (χ0v) is 11.8. The van der Waals surface area contributed by atoms with E-state index in [4.69, 9.17) is 0 Å². The summed E-state index contributed by atoms with van der Waals surface area (Å²) >= 11 is 0. The monoisotopic (exact) mass is 266 g/mol. The van der Waals surface area contributed by atoms with Crippen molar-refractivity contribution in [3.63, 3.8) is 0 Å². The fourth-order valence-corrected chi connectivity index (χ4v) is 3.24. The molecule has 0 aliphatic carbocycles. The number of benzene rings is 2. The van der Waals surface area contributed by atoms with E-state index in [1.807, 2.05) is 12.1 Å². The second-order valence-electron chi connectivity index (χ2n) is 5.62. The van der Waals surface area contributed by atoms with Crippen molar-refractivity contribution in [2.24, 2.45) is 0 Å². The minimum atomic E-state index is 0.266. The van der Waals surface area contributed by atoms with E-state index < -0.39 is 0 Å². The largest absolute Gasteiger partial charge is 0.324 e. The van der Waals surface area contributed by atoms with Crippen LogP contribution in [0.4, 0.5) is 0 Å². The number of hydrogen-bond donors (Lipinski definition) is 1. The number of carbonyl (C=O) groups excluding carboxylic acids is 1. The van der Waals surface area contributed by atoms with Crippen LogP contribution >= 0.6 is 0 Å². The van der Waals surface area contributed by atoms with Gasteiger partial charge in [-0.25, -0.2) is 0 Å². The highest BCUT2D eigenvalue weighted by atomic mass is 16.1. The van der Waals surface area contributed by atoms with Crippen LogP contribution in [0, 0.1) is 0 Å². The molecule has 1 aliphatic rings. The molecule has 1 heterocycles. The van der Waals surface area contributed by atoms with Crippen molar-refractivity contribution in [3.05, 3.63) is 71.8 Å². The molecule has 2 aromatic rings. The van der Waals surface area contributed by atoms with Crippen LogP contribution in [0.25, 0.3) is 0 Å². The van der Waals surface area contributed by atoms with Crippen LogP contribution in [0.15, 0.2) is 60.7 Å². The Balaban J connectivity index is 1.92. The van der Waals surface area contributed by atoms with E-state index in [2.05, 4.69) is 55.6 Å². The molecule has 0 amide bonds. The molecule has 2 heteroatoms. The van der Waals surface area contributed by atoms with Crippen molar-refractivity contribution >= 4 is 5.78 Å². The van der Waals surface area contributed by atoms with Gasteiger partial charge in [0.1, 0.15) is 17.9 Å². The molecule has 1 saturated heterocycles. The van der Waals surface area contributed by atoms with Crippen molar-refractivity contribution in [2.45, 2.75) is 24.9 Å². The molecule has 0 radical (unpaired) electrons. The molecule has 1 N–H and O–H groups in total. The Morgan fingerprint density at radius 3 is 1.60 bits per heavy atom. The fourth-order valence-electron chi connectivity index (χ4n) is 3.24. The molecule has 1 aliphatic heterocycles. The van der Waals surface area contributed by atoms with Gasteiger partial charge in [0.15, 0.2) is 0 Å². The third kappa shape index (κ3) is 2.52. The number of piperidine rings is 1. The Hall–Kier alpha value is -1.93. The van der Waals surface area contributed by atoms with Crippen molar-refractivity contribution < 1.29 is 9.69 Å². The van der Waals surface area contributed by atoms with E-state index >= 15 is 0 Å². The van der Waals surface area contributed by atoms with Gasteiger partial charge in [-0.15, -0.1) is 0 Å². The third-order valence-electron chi connectivity index (χ3n) is 4.37. The SMILES string of the molecule is C[NH+]1[C@@H](c2ccccc2)CC(=O)C[C@H]1c1ccccc1. The summed E-state index contributed by atoms with van der Waals surface area (Å²) in [6.07, 6.45) is 1.30. The smallest absolute Gasteiger partial charge is 0.145 e. The maximum atomic E-state index is 12.2. The molecule has 2 aromatic carbocycles. The van der Waals surface area contributed by atoms with Crippen LogP contribution in [0.5, 0.6) is 0 Å². The van der Waals surface area contributed by atoms with E-state index in [0.717, 1.165) is 0 Å². The van der Waals surface area contributed by atoms with Gasteiger partial charge in [-0.3, -0.25) is 4.79 Å². The minimum Gasteiger partial charge on any atom is -0.324 e. The molecular formula is C18H20NO+. The van der Waals surface area contributed by atoms with Gasteiger partial charge >= 0.3 is 0 Å². The summed E-state index contributed by atoms with van der Waals surface area (Å²) in [5.74, 6) is 0.373. The number of Topliss-reactive ketones (excluding diaryl/α,β-unsaturated/α-hetero) is 1. The van der Waals surface area contributed by atoms with Gasteiger partial charge in [-0.05, 0) is 0 Å². The predicted octanol–water partition coefficient (Wildman–Crippen LogP) is 2.35. The lowest BCUT2D eigenvalue weighted by molar-refractivity contribution is -0.945. The Labute approximate surface area is 120 Å². The molecule has 1 fully saturated rings. The second-order valence-corrected chi connectivity index (χ2v) is 5.62. The normalized spacial score (nSPS) is 26.4. The summed E-state index contributed by atoms with van der Waals surface area (Å²) in [5, 5.41) is 0. The summed E-state index contributed by atoms with van der Waals surface area (Å²) in [6.45, 7) is 0. The summed E-state index contributed by atoms with van der Waals surface area (Å²) in [5.41, 5.74) is 2.53. The maximum Gasteiger partial charge on any atom is 0.145 e. The lowest BCUT2D eigenvalue weighted by Gasteiger charge is -2.36. The molecule has 0 aromatic heterocycles. The van der Waals surface area contributed by atoms with Crippen molar-refractivity contribution in [1.82, 2.24) is 0 Å². The molecular weight excluding hydrogens is 246 g/mol. The minimum absolute atomic E-state index is 0.266. The van der Waals surface area contributed by atoms with E-state index in [1.54, 1.807) is 0 Å². The first-order valence-electron chi connectivity index (χ1n) is 7.20. The predicted molar refractivity (Wildman–Crippen MR) is 79.5 cm³/mol. The molecule has 0 saturated carbocycles. The van der Waals surface area contributed by atoms with Crippen LogP contribution in [-0.2, 0) is 4.79 Å². The van der Waals surface area contributed by atoms with Gasteiger partial charge in [0.2, 0.25) is 0 Å². The number of quaternary nitrogens is 1. The topological polar surface area (TPSA) is 21.5 Å². The zero-order chi connectivity index (χ0) is 13.9. The second kappa shape index (κ2) is 5.59. The first-order chi connectivity index (χ1) is 9.75. The Morgan fingerprint density at radius 1 is 0.800 bits per heavy atom.